The molecule has 1 aliphatic rings. The summed E-state index contributed by atoms with van der Waals surface area (Å²) in [7, 11) is 0. The van der Waals surface area contributed by atoms with Gasteiger partial charge in [-0.1, -0.05) is 24.3 Å². The lowest BCUT2D eigenvalue weighted by Gasteiger charge is -2.43. The van der Waals surface area contributed by atoms with Crippen molar-refractivity contribution in [3.8, 4) is 0 Å². The van der Waals surface area contributed by atoms with Crippen molar-refractivity contribution in [3.63, 3.8) is 0 Å². The standard InChI is InChI=1S/C21H27F8NO2/c1-13(2)32-16-4-3-9-18(11-16,30-12-17(31)20(24,25)26)10-14-5-7-15(8-6-14)19(22,23)21(27,28)29/h5-8,13,16-17,30-31H,3-4,9-12H2,1-2H3. The molecule has 3 nitrogen and oxygen atoms in total. The van der Waals surface area contributed by atoms with E-state index < -0.39 is 42.0 Å². The highest BCUT2D eigenvalue weighted by Crippen LogP contribution is 2.44. The van der Waals surface area contributed by atoms with Gasteiger partial charge < -0.3 is 15.2 Å². The molecule has 184 valence electrons. The monoisotopic (exact) mass is 477 g/mol. The van der Waals surface area contributed by atoms with Gasteiger partial charge in [0.15, 0.2) is 6.10 Å². The maximum absolute atomic E-state index is 13.5. The Hall–Kier alpha value is -1.46. The van der Waals surface area contributed by atoms with Crippen molar-refractivity contribution in [2.45, 2.75) is 88.1 Å². The molecule has 3 atom stereocenters. The quantitative estimate of drug-likeness (QED) is 0.486. The van der Waals surface area contributed by atoms with E-state index in [1.54, 1.807) is 0 Å². The van der Waals surface area contributed by atoms with Crippen molar-refractivity contribution in [3.05, 3.63) is 35.4 Å². The second-order valence-corrected chi connectivity index (χ2v) is 8.57. The van der Waals surface area contributed by atoms with Crippen molar-refractivity contribution in [2.24, 2.45) is 0 Å². The summed E-state index contributed by atoms with van der Waals surface area (Å²) in [6, 6.07) is 3.58. The van der Waals surface area contributed by atoms with Gasteiger partial charge >= 0.3 is 18.3 Å². The van der Waals surface area contributed by atoms with Crippen LogP contribution in [0.3, 0.4) is 0 Å². The Kier molecular flexibility index (Phi) is 8.21. The smallest absolute Gasteiger partial charge is 0.382 e. The first-order valence-electron chi connectivity index (χ1n) is 10.2. The van der Waals surface area contributed by atoms with E-state index in [9.17, 15) is 40.2 Å². The average molecular weight is 477 g/mol. The zero-order valence-electron chi connectivity index (χ0n) is 17.7. The maximum atomic E-state index is 13.5. The summed E-state index contributed by atoms with van der Waals surface area (Å²) in [5.41, 5.74) is -1.78. The van der Waals surface area contributed by atoms with Gasteiger partial charge in [-0.25, -0.2) is 0 Å². The Balaban J connectivity index is 2.24. The van der Waals surface area contributed by atoms with Crippen LogP contribution in [0.25, 0.3) is 0 Å². The molecule has 0 saturated heterocycles. The second-order valence-electron chi connectivity index (χ2n) is 8.57. The molecular formula is C21H27F8NO2. The maximum Gasteiger partial charge on any atom is 0.458 e. The van der Waals surface area contributed by atoms with Gasteiger partial charge in [0.05, 0.1) is 12.2 Å². The normalized spacial score (nSPS) is 24.1. The molecule has 1 aliphatic carbocycles. The third-order valence-corrected chi connectivity index (χ3v) is 5.53. The molecule has 3 unspecified atom stereocenters. The van der Waals surface area contributed by atoms with Gasteiger partial charge in [-0.05, 0) is 51.5 Å². The predicted molar refractivity (Wildman–Crippen MR) is 101 cm³/mol. The van der Waals surface area contributed by atoms with E-state index in [1.165, 1.54) is 0 Å². The van der Waals surface area contributed by atoms with Gasteiger partial charge in [0, 0.05) is 17.6 Å². The first-order valence-corrected chi connectivity index (χ1v) is 10.2. The molecule has 0 bridgehead atoms. The number of nitrogens with one attached hydrogen (secondary N) is 1. The second kappa shape index (κ2) is 9.80. The summed E-state index contributed by atoms with van der Waals surface area (Å²) in [5, 5.41) is 12.2. The number of hydrogen-bond donors (Lipinski definition) is 2. The van der Waals surface area contributed by atoms with Gasteiger partial charge in [-0.3, -0.25) is 0 Å². The van der Waals surface area contributed by atoms with Crippen LogP contribution in [0, 0.1) is 0 Å². The summed E-state index contributed by atoms with van der Waals surface area (Å²) < 4.78 is 109. The minimum atomic E-state index is -5.74. The van der Waals surface area contributed by atoms with Crippen molar-refractivity contribution >= 4 is 0 Å². The first-order chi connectivity index (χ1) is 14.6. The largest absolute Gasteiger partial charge is 0.458 e. The van der Waals surface area contributed by atoms with Crippen LogP contribution in [0.15, 0.2) is 24.3 Å². The fraction of sp³-hybridized carbons (Fsp3) is 0.714. The number of alkyl halides is 8. The number of hydrogen-bond acceptors (Lipinski definition) is 3. The summed E-state index contributed by atoms with van der Waals surface area (Å²) in [4.78, 5) is 0. The lowest BCUT2D eigenvalue weighted by atomic mass is 9.75. The highest BCUT2D eigenvalue weighted by molar-refractivity contribution is 5.28. The minimum absolute atomic E-state index is 0.0768. The molecule has 0 aliphatic heterocycles. The fourth-order valence-corrected chi connectivity index (χ4v) is 4.01. The van der Waals surface area contributed by atoms with Gasteiger partial charge in [0.1, 0.15) is 0 Å². The number of aliphatic hydroxyl groups is 1. The lowest BCUT2D eigenvalue weighted by molar-refractivity contribution is -0.289. The van der Waals surface area contributed by atoms with Crippen LogP contribution in [0.4, 0.5) is 35.1 Å². The average Bonchev–Trinajstić information content (AvgIpc) is 2.64. The Bertz CT molecular complexity index is 733. The van der Waals surface area contributed by atoms with Crippen molar-refractivity contribution in [2.75, 3.05) is 6.54 Å². The zero-order chi connectivity index (χ0) is 24.4. The number of aliphatic hydroxyl groups excluding tert-OH is 1. The molecule has 2 rings (SSSR count). The number of rotatable bonds is 8. The Morgan fingerprint density at radius 2 is 1.66 bits per heavy atom. The molecule has 32 heavy (non-hydrogen) atoms. The van der Waals surface area contributed by atoms with Crippen LogP contribution in [-0.4, -0.2) is 47.9 Å². The third-order valence-electron chi connectivity index (χ3n) is 5.53. The molecule has 1 aromatic rings. The van der Waals surface area contributed by atoms with Crippen LogP contribution in [-0.2, 0) is 17.1 Å². The van der Waals surface area contributed by atoms with Crippen molar-refractivity contribution in [1.29, 1.82) is 0 Å². The Morgan fingerprint density at radius 1 is 1.06 bits per heavy atom. The summed E-state index contributed by atoms with van der Waals surface area (Å²) in [5.74, 6) is -5.01. The van der Waals surface area contributed by atoms with Gasteiger partial charge in [0.25, 0.3) is 0 Å². The minimum Gasteiger partial charge on any atom is -0.382 e. The lowest BCUT2D eigenvalue weighted by Crippen LogP contribution is -2.55. The van der Waals surface area contributed by atoms with Crippen molar-refractivity contribution in [1.82, 2.24) is 5.32 Å². The summed E-state index contributed by atoms with van der Waals surface area (Å²) in [6.45, 7) is 2.86. The molecule has 0 spiro atoms. The molecule has 0 aromatic heterocycles. The fourth-order valence-electron chi connectivity index (χ4n) is 4.01. The molecule has 0 heterocycles. The van der Waals surface area contributed by atoms with Crippen molar-refractivity contribution < 1.29 is 45.0 Å². The van der Waals surface area contributed by atoms with E-state index in [0.29, 0.717) is 43.4 Å². The molecule has 1 aromatic carbocycles. The SMILES string of the molecule is CC(C)OC1CCCC(Cc2ccc(C(F)(F)C(F)(F)F)cc2)(NCC(O)C(F)(F)F)C1. The topological polar surface area (TPSA) is 41.5 Å². The number of β-amino-alcohol motifs (C(OH)–C–C–N with tert-alkyl or cyclic N) is 1. The molecule has 1 saturated carbocycles. The van der Waals surface area contributed by atoms with E-state index in [0.717, 1.165) is 12.1 Å². The third kappa shape index (κ3) is 6.77. The van der Waals surface area contributed by atoms with Crippen LogP contribution in [0.1, 0.15) is 50.7 Å². The highest BCUT2D eigenvalue weighted by Gasteiger charge is 2.58. The van der Waals surface area contributed by atoms with Crippen LogP contribution < -0.4 is 5.32 Å². The highest BCUT2D eigenvalue weighted by atomic mass is 19.4. The van der Waals surface area contributed by atoms with Gasteiger partial charge in [-0.15, -0.1) is 0 Å². The predicted octanol–water partition coefficient (Wildman–Crippen LogP) is 5.50. The van der Waals surface area contributed by atoms with Gasteiger partial charge in [0.2, 0.25) is 0 Å². The van der Waals surface area contributed by atoms with Crippen LogP contribution >= 0.6 is 0 Å². The molecule has 1 fully saturated rings. The van der Waals surface area contributed by atoms with E-state index in [1.807, 2.05) is 13.8 Å². The van der Waals surface area contributed by atoms with E-state index in [-0.39, 0.29) is 18.6 Å². The number of ether oxygens (including phenoxy) is 1. The van der Waals surface area contributed by atoms with Crippen LogP contribution in [0.5, 0.6) is 0 Å². The Labute approximate surface area is 181 Å². The Morgan fingerprint density at radius 3 is 2.16 bits per heavy atom. The molecule has 2 N–H and O–H groups in total. The number of benzene rings is 1. The zero-order valence-corrected chi connectivity index (χ0v) is 17.7. The van der Waals surface area contributed by atoms with E-state index >= 15 is 0 Å². The van der Waals surface area contributed by atoms with Gasteiger partial charge in [-0.2, -0.15) is 35.1 Å². The first kappa shape index (κ1) is 26.8. The molecule has 11 heteroatoms. The van der Waals surface area contributed by atoms with Crippen LogP contribution in [0.2, 0.25) is 0 Å². The van der Waals surface area contributed by atoms with E-state index in [4.69, 9.17) is 4.74 Å². The molecular weight excluding hydrogens is 450 g/mol. The molecule has 0 radical (unpaired) electrons. The number of halogens is 8. The summed E-state index contributed by atoms with van der Waals surface area (Å²) >= 11 is 0. The van der Waals surface area contributed by atoms with E-state index in [2.05, 4.69) is 5.32 Å². The summed E-state index contributed by atoms with van der Waals surface area (Å²) in [6.07, 6.45) is -11.5. The molecule has 0 amide bonds.